The van der Waals surface area contributed by atoms with E-state index in [4.69, 9.17) is 0 Å². The Morgan fingerprint density at radius 1 is 0.903 bits per heavy atom. The second-order valence-electron chi connectivity index (χ2n) is 7.76. The molecule has 0 aliphatic rings. The number of carbonyl (C=O) groups is 1. The molecule has 0 aliphatic heterocycles. The average molecular weight is 410 g/mol. The monoisotopic (exact) mass is 409 g/mol. The summed E-state index contributed by atoms with van der Waals surface area (Å²) in [6.07, 6.45) is 1.66. The van der Waals surface area contributed by atoms with Crippen molar-refractivity contribution < 1.29 is 4.79 Å². The molecule has 3 aromatic rings. The zero-order valence-electron chi connectivity index (χ0n) is 18.2. The van der Waals surface area contributed by atoms with E-state index in [1.165, 1.54) is 0 Å². The van der Waals surface area contributed by atoms with E-state index >= 15 is 0 Å². The first kappa shape index (κ1) is 21.9. The second kappa shape index (κ2) is 10.3. The summed E-state index contributed by atoms with van der Waals surface area (Å²) >= 11 is 0. The fourth-order valence-electron chi connectivity index (χ4n) is 3.66. The molecule has 4 heteroatoms. The van der Waals surface area contributed by atoms with Crippen molar-refractivity contribution in [1.82, 2.24) is 4.90 Å². The Labute approximate surface area is 184 Å². The molecular weight excluding hydrogens is 382 g/mol. The van der Waals surface area contributed by atoms with Crippen LogP contribution in [-0.4, -0.2) is 10.8 Å². The highest BCUT2D eigenvalue weighted by Gasteiger charge is 2.15. The molecule has 0 saturated heterocycles. The van der Waals surface area contributed by atoms with Crippen LogP contribution in [0.5, 0.6) is 0 Å². The number of hydrogen-bond donors (Lipinski definition) is 1. The molecule has 0 radical (unpaired) electrons. The maximum absolute atomic E-state index is 12.9. The van der Waals surface area contributed by atoms with E-state index in [0.29, 0.717) is 13.1 Å². The highest BCUT2D eigenvalue weighted by Crippen LogP contribution is 2.22. The van der Waals surface area contributed by atoms with Gasteiger partial charge in [-0.15, -0.1) is 0 Å². The molecule has 0 bridgehead atoms. The van der Waals surface area contributed by atoms with E-state index in [0.717, 1.165) is 33.5 Å². The van der Waals surface area contributed by atoms with Gasteiger partial charge in [-0.1, -0.05) is 78.4 Å². The molecule has 0 aliphatic carbocycles. The quantitative estimate of drug-likeness (QED) is 0.405. The third-order valence-electron chi connectivity index (χ3n) is 5.05. The van der Waals surface area contributed by atoms with Crippen LogP contribution in [0.15, 0.2) is 84.6 Å². The average Bonchev–Trinajstić information content (AvgIpc) is 2.75. The molecule has 0 heterocycles. The van der Waals surface area contributed by atoms with Crippen molar-refractivity contribution in [1.29, 1.82) is 5.26 Å². The number of nitrogens with one attached hydrogen (secondary N) is 1. The zero-order valence-corrected chi connectivity index (χ0v) is 18.2. The summed E-state index contributed by atoms with van der Waals surface area (Å²) in [5.41, 5.74) is 6.15. The Balaban J connectivity index is 1.87. The van der Waals surface area contributed by atoms with Crippen LogP contribution in [0.3, 0.4) is 0 Å². The van der Waals surface area contributed by atoms with Gasteiger partial charge in [0.05, 0.1) is 0 Å². The van der Waals surface area contributed by atoms with E-state index in [9.17, 15) is 10.1 Å². The van der Waals surface area contributed by atoms with Crippen LogP contribution in [0.2, 0.25) is 0 Å². The Kier molecular flexibility index (Phi) is 7.24. The minimum Gasteiger partial charge on any atom is -0.367 e. The number of hydrogen-bond acceptors (Lipinski definition) is 3. The number of aryl methyl sites for hydroxylation is 3. The van der Waals surface area contributed by atoms with Gasteiger partial charge < -0.3 is 10.2 Å². The second-order valence-corrected chi connectivity index (χ2v) is 7.76. The van der Waals surface area contributed by atoms with Crippen LogP contribution in [-0.2, 0) is 17.9 Å². The van der Waals surface area contributed by atoms with Crippen LogP contribution in [0.4, 0.5) is 5.69 Å². The maximum Gasteiger partial charge on any atom is 0.267 e. The largest absolute Gasteiger partial charge is 0.367 e. The van der Waals surface area contributed by atoms with E-state index in [2.05, 4.69) is 11.4 Å². The highest BCUT2D eigenvalue weighted by molar-refractivity contribution is 6.07. The molecule has 1 amide bonds. The molecule has 156 valence electrons. The normalized spacial score (nSPS) is 11.0. The summed E-state index contributed by atoms with van der Waals surface area (Å²) in [5, 5.41) is 12.7. The van der Waals surface area contributed by atoms with Gasteiger partial charge in [0, 0.05) is 25.0 Å². The molecule has 0 aromatic heterocycles. The van der Waals surface area contributed by atoms with Crippen molar-refractivity contribution in [2.24, 2.45) is 0 Å². The van der Waals surface area contributed by atoms with Crippen LogP contribution < -0.4 is 5.32 Å². The lowest BCUT2D eigenvalue weighted by atomic mass is 10.0. The zero-order chi connectivity index (χ0) is 22.2. The van der Waals surface area contributed by atoms with Crippen LogP contribution in [0, 0.1) is 32.1 Å². The van der Waals surface area contributed by atoms with Gasteiger partial charge in [-0.3, -0.25) is 4.79 Å². The number of carbonyl (C=O) groups excluding carboxylic acids is 1. The van der Waals surface area contributed by atoms with E-state index < -0.39 is 5.91 Å². The summed E-state index contributed by atoms with van der Waals surface area (Å²) in [6, 6.07) is 26.2. The Hall–Kier alpha value is -3.84. The first-order valence-corrected chi connectivity index (χ1v) is 10.3. The van der Waals surface area contributed by atoms with Crippen molar-refractivity contribution in [3.05, 3.63) is 112 Å². The smallest absolute Gasteiger partial charge is 0.267 e. The fourth-order valence-corrected chi connectivity index (χ4v) is 3.66. The molecule has 0 saturated carbocycles. The van der Waals surface area contributed by atoms with E-state index in [1.807, 2.05) is 98.5 Å². The van der Waals surface area contributed by atoms with Crippen molar-refractivity contribution in [2.45, 2.75) is 33.9 Å². The Morgan fingerprint density at radius 3 is 1.84 bits per heavy atom. The van der Waals surface area contributed by atoms with Crippen molar-refractivity contribution in [3.63, 3.8) is 0 Å². The van der Waals surface area contributed by atoms with Crippen molar-refractivity contribution in [2.75, 3.05) is 5.32 Å². The molecular formula is C27H27N3O. The maximum atomic E-state index is 12.9. The van der Waals surface area contributed by atoms with Gasteiger partial charge in [-0.05, 0) is 43.0 Å². The molecule has 3 aromatic carbocycles. The number of nitriles is 1. The summed E-state index contributed by atoms with van der Waals surface area (Å²) in [4.78, 5) is 14.9. The molecule has 0 atom stereocenters. The number of nitrogens with zero attached hydrogens (tertiary/aromatic N) is 2. The number of benzene rings is 3. The van der Waals surface area contributed by atoms with Crippen LogP contribution >= 0.6 is 0 Å². The number of amides is 1. The first-order chi connectivity index (χ1) is 15.0. The van der Waals surface area contributed by atoms with Gasteiger partial charge in [0.1, 0.15) is 11.6 Å². The van der Waals surface area contributed by atoms with Gasteiger partial charge in [0.2, 0.25) is 0 Å². The third-order valence-corrected chi connectivity index (χ3v) is 5.05. The standard InChI is InChI=1S/C27H27N3O/c1-20-14-21(2)26(22(3)15-20)29-27(31)25(16-28)19-30(17-23-10-6-4-7-11-23)18-24-12-8-5-9-13-24/h4-15,19H,17-18H2,1-3H3,(H,29,31)/b25-19-. The van der Waals surface area contributed by atoms with E-state index in [1.54, 1.807) is 6.20 Å². The summed E-state index contributed by atoms with van der Waals surface area (Å²) in [7, 11) is 0. The molecule has 0 fully saturated rings. The number of rotatable bonds is 7. The summed E-state index contributed by atoms with van der Waals surface area (Å²) in [5.74, 6) is -0.399. The molecule has 1 N–H and O–H groups in total. The lowest BCUT2D eigenvalue weighted by Crippen LogP contribution is -2.21. The van der Waals surface area contributed by atoms with Gasteiger partial charge >= 0.3 is 0 Å². The lowest BCUT2D eigenvalue weighted by Gasteiger charge is -2.21. The predicted octanol–water partition coefficient (Wildman–Crippen LogP) is 5.66. The number of anilines is 1. The lowest BCUT2D eigenvalue weighted by molar-refractivity contribution is -0.112. The minimum absolute atomic E-state index is 0.0752. The Bertz CT molecular complexity index is 1050. The summed E-state index contributed by atoms with van der Waals surface area (Å²) in [6.45, 7) is 7.13. The van der Waals surface area contributed by atoms with Gasteiger partial charge in [0.15, 0.2) is 0 Å². The van der Waals surface area contributed by atoms with Crippen molar-refractivity contribution >= 4 is 11.6 Å². The topological polar surface area (TPSA) is 56.1 Å². The molecule has 0 spiro atoms. The van der Waals surface area contributed by atoms with Gasteiger partial charge in [-0.25, -0.2) is 0 Å². The summed E-state index contributed by atoms with van der Waals surface area (Å²) < 4.78 is 0. The SMILES string of the molecule is Cc1cc(C)c(NC(=O)/C(C#N)=C\N(Cc2ccccc2)Cc2ccccc2)c(C)c1. The molecule has 31 heavy (non-hydrogen) atoms. The highest BCUT2D eigenvalue weighted by atomic mass is 16.1. The minimum atomic E-state index is -0.399. The van der Waals surface area contributed by atoms with Gasteiger partial charge in [-0.2, -0.15) is 5.26 Å². The third kappa shape index (κ3) is 6.07. The fraction of sp³-hybridized carbons (Fsp3) is 0.185. The molecule has 3 rings (SSSR count). The molecule has 4 nitrogen and oxygen atoms in total. The molecule has 0 unspecified atom stereocenters. The van der Waals surface area contributed by atoms with E-state index in [-0.39, 0.29) is 5.57 Å². The predicted molar refractivity (Wildman–Crippen MR) is 125 cm³/mol. The van der Waals surface area contributed by atoms with Crippen LogP contribution in [0.25, 0.3) is 0 Å². The van der Waals surface area contributed by atoms with Gasteiger partial charge in [0.25, 0.3) is 5.91 Å². The first-order valence-electron chi connectivity index (χ1n) is 10.3. The van der Waals surface area contributed by atoms with Crippen LogP contribution in [0.1, 0.15) is 27.8 Å². The van der Waals surface area contributed by atoms with Crippen molar-refractivity contribution in [3.8, 4) is 6.07 Å². The Morgan fingerprint density at radius 2 is 1.39 bits per heavy atom.